The predicted octanol–water partition coefficient (Wildman–Crippen LogP) is 4.76. The molecule has 116 valence electrons. The van der Waals surface area contributed by atoms with Gasteiger partial charge in [-0.2, -0.15) is 13.2 Å². The van der Waals surface area contributed by atoms with Gasteiger partial charge >= 0.3 is 12.1 Å². The Balaban J connectivity index is 2.53. The van der Waals surface area contributed by atoms with E-state index in [2.05, 4.69) is 5.32 Å². The standard InChI is InChI=1S/C16H14F3NO2/c1-9-7-8-12(16(17,18)19)10(2)14(9)20-13-6-4-3-5-11(13)15(21)22/h3-8,20H,1-2H3,(H,21,22). The summed E-state index contributed by atoms with van der Waals surface area (Å²) in [6.45, 7) is 3.03. The van der Waals surface area contributed by atoms with E-state index >= 15 is 0 Å². The summed E-state index contributed by atoms with van der Waals surface area (Å²) >= 11 is 0. The molecule has 0 unspecified atom stereocenters. The molecule has 2 rings (SSSR count). The summed E-state index contributed by atoms with van der Waals surface area (Å²) in [6, 6.07) is 8.47. The third kappa shape index (κ3) is 3.05. The van der Waals surface area contributed by atoms with Gasteiger partial charge in [-0.25, -0.2) is 4.79 Å². The van der Waals surface area contributed by atoms with E-state index in [-0.39, 0.29) is 22.5 Å². The van der Waals surface area contributed by atoms with Crippen LogP contribution in [0, 0.1) is 13.8 Å². The Bertz CT molecular complexity index is 724. The average Bonchev–Trinajstić information content (AvgIpc) is 2.42. The molecule has 0 heterocycles. The lowest BCUT2D eigenvalue weighted by atomic mass is 10.0. The van der Waals surface area contributed by atoms with Crippen molar-refractivity contribution in [2.75, 3.05) is 5.32 Å². The molecule has 3 nitrogen and oxygen atoms in total. The first-order chi connectivity index (χ1) is 10.2. The van der Waals surface area contributed by atoms with Gasteiger partial charge in [-0.05, 0) is 43.2 Å². The van der Waals surface area contributed by atoms with Crippen LogP contribution in [0.5, 0.6) is 0 Å². The lowest BCUT2D eigenvalue weighted by molar-refractivity contribution is -0.138. The minimum absolute atomic E-state index is 0.00119. The minimum Gasteiger partial charge on any atom is -0.478 e. The Morgan fingerprint density at radius 2 is 1.73 bits per heavy atom. The number of rotatable bonds is 3. The second kappa shape index (κ2) is 5.71. The van der Waals surface area contributed by atoms with Crippen molar-refractivity contribution >= 4 is 17.3 Å². The highest BCUT2D eigenvalue weighted by molar-refractivity contribution is 5.95. The van der Waals surface area contributed by atoms with Gasteiger partial charge in [0.05, 0.1) is 16.8 Å². The number of para-hydroxylation sites is 1. The molecule has 2 aromatic rings. The van der Waals surface area contributed by atoms with Crippen LogP contribution in [0.25, 0.3) is 0 Å². The number of aromatic carboxylic acids is 1. The normalized spacial score (nSPS) is 11.3. The first-order valence-corrected chi connectivity index (χ1v) is 6.48. The number of hydrogen-bond donors (Lipinski definition) is 2. The van der Waals surface area contributed by atoms with Crippen LogP contribution in [0.4, 0.5) is 24.5 Å². The molecule has 0 amide bonds. The largest absolute Gasteiger partial charge is 0.478 e. The fraction of sp³-hybridized carbons (Fsp3) is 0.188. The van der Waals surface area contributed by atoms with Crippen LogP contribution >= 0.6 is 0 Å². The molecular formula is C16H14F3NO2. The van der Waals surface area contributed by atoms with E-state index in [1.165, 1.54) is 25.1 Å². The van der Waals surface area contributed by atoms with Crippen LogP contribution in [0.2, 0.25) is 0 Å². The molecule has 0 bridgehead atoms. The van der Waals surface area contributed by atoms with Gasteiger partial charge in [-0.1, -0.05) is 18.2 Å². The van der Waals surface area contributed by atoms with Gasteiger partial charge in [0, 0.05) is 5.69 Å². The second-order valence-corrected chi connectivity index (χ2v) is 4.90. The lowest BCUT2D eigenvalue weighted by Crippen LogP contribution is -2.11. The number of aryl methyl sites for hydroxylation is 1. The van der Waals surface area contributed by atoms with Gasteiger partial charge < -0.3 is 10.4 Å². The van der Waals surface area contributed by atoms with Crippen molar-refractivity contribution in [2.24, 2.45) is 0 Å². The van der Waals surface area contributed by atoms with Gasteiger partial charge in [0.2, 0.25) is 0 Å². The van der Waals surface area contributed by atoms with Crippen molar-refractivity contribution in [1.29, 1.82) is 0 Å². The summed E-state index contributed by atoms with van der Waals surface area (Å²) in [5, 5.41) is 12.0. The fourth-order valence-electron chi connectivity index (χ4n) is 2.26. The molecule has 0 fully saturated rings. The maximum absolute atomic E-state index is 13.0. The minimum atomic E-state index is -4.46. The quantitative estimate of drug-likeness (QED) is 0.859. The Morgan fingerprint density at radius 1 is 1.09 bits per heavy atom. The molecule has 2 N–H and O–H groups in total. The highest BCUT2D eigenvalue weighted by Crippen LogP contribution is 2.37. The monoisotopic (exact) mass is 309 g/mol. The van der Waals surface area contributed by atoms with E-state index in [9.17, 15) is 18.0 Å². The van der Waals surface area contributed by atoms with E-state index < -0.39 is 17.7 Å². The van der Waals surface area contributed by atoms with Crippen LogP contribution in [-0.2, 0) is 6.18 Å². The van der Waals surface area contributed by atoms with Gasteiger partial charge in [-0.15, -0.1) is 0 Å². The number of carboxylic acids is 1. The zero-order valence-corrected chi connectivity index (χ0v) is 12.0. The number of hydrogen-bond acceptors (Lipinski definition) is 2. The first-order valence-electron chi connectivity index (χ1n) is 6.48. The Kier molecular flexibility index (Phi) is 4.12. The van der Waals surface area contributed by atoms with Gasteiger partial charge in [0.1, 0.15) is 0 Å². The molecule has 0 aliphatic rings. The highest BCUT2D eigenvalue weighted by atomic mass is 19.4. The van der Waals surface area contributed by atoms with E-state index in [0.29, 0.717) is 5.56 Å². The Morgan fingerprint density at radius 3 is 2.32 bits per heavy atom. The lowest BCUT2D eigenvalue weighted by Gasteiger charge is -2.18. The average molecular weight is 309 g/mol. The fourth-order valence-corrected chi connectivity index (χ4v) is 2.26. The summed E-state index contributed by atoms with van der Waals surface area (Å²) in [4.78, 5) is 11.2. The van der Waals surface area contributed by atoms with Crippen molar-refractivity contribution in [3.8, 4) is 0 Å². The van der Waals surface area contributed by atoms with Crippen molar-refractivity contribution in [3.63, 3.8) is 0 Å². The summed E-state index contributed by atoms with van der Waals surface area (Å²) in [7, 11) is 0. The summed E-state index contributed by atoms with van der Waals surface area (Å²) in [5.74, 6) is -1.15. The van der Waals surface area contributed by atoms with Crippen LogP contribution in [-0.4, -0.2) is 11.1 Å². The summed E-state index contributed by atoms with van der Waals surface area (Å²) in [6.07, 6.45) is -4.46. The molecular weight excluding hydrogens is 295 g/mol. The van der Waals surface area contributed by atoms with E-state index in [1.54, 1.807) is 19.1 Å². The third-order valence-electron chi connectivity index (χ3n) is 3.40. The zero-order chi connectivity index (χ0) is 16.5. The third-order valence-corrected chi connectivity index (χ3v) is 3.40. The van der Waals surface area contributed by atoms with Crippen molar-refractivity contribution in [2.45, 2.75) is 20.0 Å². The molecule has 2 aromatic carbocycles. The van der Waals surface area contributed by atoms with E-state index in [4.69, 9.17) is 5.11 Å². The number of carbonyl (C=O) groups is 1. The molecule has 0 aliphatic heterocycles. The summed E-state index contributed by atoms with van der Waals surface area (Å²) in [5.41, 5.74) is 0.412. The molecule has 0 saturated carbocycles. The SMILES string of the molecule is Cc1ccc(C(F)(F)F)c(C)c1Nc1ccccc1C(=O)O. The molecule has 0 spiro atoms. The van der Waals surface area contributed by atoms with Crippen LogP contribution in [0.3, 0.4) is 0 Å². The van der Waals surface area contributed by atoms with Crippen molar-refractivity contribution in [3.05, 3.63) is 58.7 Å². The second-order valence-electron chi connectivity index (χ2n) is 4.90. The Hall–Kier alpha value is -2.50. The summed E-state index contributed by atoms with van der Waals surface area (Å²) < 4.78 is 39.0. The zero-order valence-electron chi connectivity index (χ0n) is 12.0. The highest BCUT2D eigenvalue weighted by Gasteiger charge is 2.33. The topological polar surface area (TPSA) is 49.3 Å². The van der Waals surface area contributed by atoms with Crippen LogP contribution in [0.1, 0.15) is 27.0 Å². The molecule has 0 radical (unpaired) electrons. The molecule has 0 aromatic heterocycles. The molecule has 22 heavy (non-hydrogen) atoms. The smallest absolute Gasteiger partial charge is 0.416 e. The van der Waals surface area contributed by atoms with Crippen LogP contribution < -0.4 is 5.32 Å². The van der Waals surface area contributed by atoms with Crippen LogP contribution in [0.15, 0.2) is 36.4 Å². The molecule has 0 saturated heterocycles. The van der Waals surface area contributed by atoms with Crippen molar-refractivity contribution < 1.29 is 23.1 Å². The molecule has 6 heteroatoms. The number of alkyl halides is 3. The first kappa shape index (κ1) is 15.9. The van der Waals surface area contributed by atoms with Crippen molar-refractivity contribution in [1.82, 2.24) is 0 Å². The molecule has 0 atom stereocenters. The maximum atomic E-state index is 13.0. The predicted molar refractivity (Wildman–Crippen MR) is 77.6 cm³/mol. The number of benzene rings is 2. The number of anilines is 2. The van der Waals surface area contributed by atoms with Gasteiger partial charge in [0.15, 0.2) is 0 Å². The van der Waals surface area contributed by atoms with Gasteiger partial charge in [-0.3, -0.25) is 0 Å². The Labute approximate surface area is 125 Å². The van der Waals surface area contributed by atoms with E-state index in [0.717, 1.165) is 6.07 Å². The number of nitrogens with one attached hydrogen (secondary N) is 1. The number of carboxylic acid groups (broad SMARTS) is 1. The number of halogens is 3. The molecule has 0 aliphatic carbocycles. The maximum Gasteiger partial charge on any atom is 0.416 e. The van der Waals surface area contributed by atoms with E-state index in [1.807, 2.05) is 0 Å². The van der Waals surface area contributed by atoms with Gasteiger partial charge in [0.25, 0.3) is 0 Å².